The number of benzene rings is 4. The van der Waals surface area contributed by atoms with Crippen LogP contribution >= 0.6 is 50.9 Å². The van der Waals surface area contributed by atoms with Crippen LogP contribution in [0.15, 0.2) is 111 Å². The monoisotopic (exact) mass is 636 g/mol. The van der Waals surface area contributed by atoms with Crippen molar-refractivity contribution in [3.05, 3.63) is 139 Å². The Bertz CT molecular complexity index is 1550. The van der Waals surface area contributed by atoms with Crippen molar-refractivity contribution >= 4 is 68.0 Å². The Morgan fingerprint density at radius 3 is 2.33 bits per heavy atom. The van der Waals surface area contributed by atoms with Crippen LogP contribution in [0.25, 0.3) is 6.08 Å². The van der Waals surface area contributed by atoms with Gasteiger partial charge in [0.1, 0.15) is 12.4 Å². The number of amidine groups is 1. The number of thioether (sulfide) groups is 1. The summed E-state index contributed by atoms with van der Waals surface area (Å²) in [5.74, 6) is 0.539. The quantitative estimate of drug-likeness (QED) is 0.181. The van der Waals surface area contributed by atoms with Crippen molar-refractivity contribution in [1.29, 1.82) is 0 Å². The molecule has 196 valence electrons. The van der Waals surface area contributed by atoms with Crippen LogP contribution in [0, 0.1) is 0 Å². The number of ether oxygens (including phenoxy) is 1. The van der Waals surface area contributed by atoms with E-state index in [-0.39, 0.29) is 12.5 Å². The highest BCUT2D eigenvalue weighted by atomic mass is 79.9. The number of halogens is 3. The molecule has 1 aliphatic rings. The maximum absolute atomic E-state index is 13.7. The molecule has 1 aliphatic heterocycles. The fourth-order valence-corrected chi connectivity index (χ4v) is 5.78. The second-order valence-electron chi connectivity index (χ2n) is 8.78. The van der Waals surface area contributed by atoms with Crippen molar-refractivity contribution in [2.45, 2.75) is 19.7 Å². The standard InChI is InChI=1S/C31H23BrCl2N2O2S/c32-25-12-14-28(38-20-23-11-13-26(33)17-27(23)34)24(15-25)16-29-30(37)36(19-22-9-5-2-6-10-22)31(39-29)35-18-21-7-3-1-4-8-21/h1-17H,18-20H2/b29-16+,35-31?. The Kier molecular flexibility index (Phi) is 9.09. The predicted octanol–water partition coefficient (Wildman–Crippen LogP) is 9.01. The number of nitrogens with zero attached hydrogens (tertiary/aromatic N) is 2. The molecule has 0 N–H and O–H groups in total. The molecule has 1 heterocycles. The highest BCUT2D eigenvalue weighted by Gasteiger charge is 2.33. The van der Waals surface area contributed by atoms with E-state index in [1.165, 1.54) is 11.8 Å². The third-order valence-corrected chi connectivity index (χ3v) is 8.09. The van der Waals surface area contributed by atoms with Crippen LogP contribution in [-0.2, 0) is 24.5 Å². The summed E-state index contributed by atoms with van der Waals surface area (Å²) in [6.45, 7) is 1.19. The summed E-state index contributed by atoms with van der Waals surface area (Å²) >= 11 is 17.3. The van der Waals surface area contributed by atoms with Gasteiger partial charge in [-0.25, -0.2) is 0 Å². The fraction of sp³-hybridized carbons (Fsp3) is 0.0968. The lowest BCUT2D eigenvalue weighted by molar-refractivity contribution is -0.122. The van der Waals surface area contributed by atoms with Crippen molar-refractivity contribution < 1.29 is 9.53 Å². The summed E-state index contributed by atoms with van der Waals surface area (Å²) in [7, 11) is 0. The van der Waals surface area contributed by atoms with Crippen molar-refractivity contribution in [1.82, 2.24) is 4.90 Å². The third kappa shape index (κ3) is 7.14. The van der Waals surface area contributed by atoms with Gasteiger partial charge in [0.05, 0.1) is 18.0 Å². The highest BCUT2D eigenvalue weighted by Crippen LogP contribution is 2.36. The van der Waals surface area contributed by atoms with E-state index in [9.17, 15) is 4.79 Å². The number of hydrogen-bond acceptors (Lipinski definition) is 4. The lowest BCUT2D eigenvalue weighted by Crippen LogP contribution is -2.28. The lowest BCUT2D eigenvalue weighted by Gasteiger charge is -2.16. The Balaban J connectivity index is 1.43. The highest BCUT2D eigenvalue weighted by molar-refractivity contribution is 9.10. The molecule has 4 nitrogen and oxygen atoms in total. The molecule has 0 bridgehead atoms. The minimum atomic E-state index is -0.0951. The molecule has 0 radical (unpaired) electrons. The first-order valence-corrected chi connectivity index (χ1v) is 14.5. The van der Waals surface area contributed by atoms with Crippen LogP contribution in [0.3, 0.4) is 0 Å². The molecular formula is C31H23BrCl2N2O2S. The van der Waals surface area contributed by atoms with Crippen LogP contribution in [0.4, 0.5) is 0 Å². The molecule has 0 saturated carbocycles. The Hall–Kier alpha value is -3.03. The summed E-state index contributed by atoms with van der Waals surface area (Å²) in [6.07, 6.45) is 1.86. The molecule has 4 aromatic carbocycles. The van der Waals surface area contributed by atoms with E-state index < -0.39 is 0 Å². The number of rotatable bonds is 8. The van der Waals surface area contributed by atoms with Crippen molar-refractivity contribution in [2.24, 2.45) is 4.99 Å². The first-order chi connectivity index (χ1) is 19.0. The van der Waals surface area contributed by atoms with E-state index >= 15 is 0 Å². The van der Waals surface area contributed by atoms with Crippen molar-refractivity contribution in [3.63, 3.8) is 0 Å². The molecule has 0 aliphatic carbocycles. The summed E-state index contributed by atoms with van der Waals surface area (Å²) in [4.78, 5) is 20.8. The third-order valence-electron chi connectivity index (χ3n) is 5.97. The zero-order valence-corrected chi connectivity index (χ0v) is 24.6. The summed E-state index contributed by atoms with van der Waals surface area (Å²) in [6, 6.07) is 31.0. The Morgan fingerprint density at radius 1 is 0.897 bits per heavy atom. The topological polar surface area (TPSA) is 41.9 Å². The van der Waals surface area contributed by atoms with Crippen LogP contribution in [0.1, 0.15) is 22.3 Å². The van der Waals surface area contributed by atoms with E-state index in [2.05, 4.69) is 15.9 Å². The molecule has 39 heavy (non-hydrogen) atoms. The molecular weight excluding hydrogens is 615 g/mol. The zero-order valence-electron chi connectivity index (χ0n) is 20.7. The number of carbonyl (C=O) groups is 1. The van der Waals surface area contributed by atoms with Gasteiger partial charge >= 0.3 is 0 Å². The van der Waals surface area contributed by atoms with E-state index in [1.54, 1.807) is 17.0 Å². The largest absolute Gasteiger partial charge is 0.488 e. The maximum atomic E-state index is 13.7. The van der Waals surface area contributed by atoms with Gasteiger partial charge < -0.3 is 4.74 Å². The molecule has 0 spiro atoms. The van der Waals surface area contributed by atoms with E-state index in [1.807, 2.05) is 91.0 Å². The number of hydrogen-bond donors (Lipinski definition) is 0. The molecule has 1 amide bonds. The second-order valence-corrected chi connectivity index (χ2v) is 11.5. The summed E-state index contributed by atoms with van der Waals surface area (Å²) < 4.78 is 7.02. The molecule has 4 aromatic rings. The molecule has 0 atom stereocenters. The zero-order chi connectivity index (χ0) is 27.2. The van der Waals surface area contributed by atoms with Crippen LogP contribution in [0.5, 0.6) is 5.75 Å². The van der Waals surface area contributed by atoms with Gasteiger partial charge in [0.25, 0.3) is 5.91 Å². The average Bonchev–Trinajstić information content (AvgIpc) is 3.22. The minimum absolute atomic E-state index is 0.0951. The van der Waals surface area contributed by atoms with Gasteiger partial charge in [-0.3, -0.25) is 14.7 Å². The van der Waals surface area contributed by atoms with Crippen LogP contribution in [0.2, 0.25) is 10.0 Å². The molecule has 8 heteroatoms. The van der Waals surface area contributed by atoms with Crippen LogP contribution in [-0.4, -0.2) is 16.0 Å². The molecule has 1 fully saturated rings. The number of aliphatic imine (C=N–C) groups is 1. The molecule has 5 rings (SSSR count). The molecule has 1 saturated heterocycles. The smallest absolute Gasteiger partial charge is 0.267 e. The van der Waals surface area contributed by atoms with Gasteiger partial charge in [-0.1, -0.05) is 106 Å². The van der Waals surface area contributed by atoms with Gasteiger partial charge in [0.2, 0.25) is 0 Å². The second kappa shape index (κ2) is 12.9. The number of carbonyl (C=O) groups excluding carboxylic acids is 1. The van der Waals surface area contributed by atoms with Gasteiger partial charge in [0.15, 0.2) is 5.17 Å². The fourth-order valence-electron chi connectivity index (χ4n) is 3.97. The number of amides is 1. The Labute approximate surface area is 250 Å². The van der Waals surface area contributed by atoms with Gasteiger partial charge in [-0.15, -0.1) is 0 Å². The normalized spacial score (nSPS) is 15.4. The predicted molar refractivity (Wildman–Crippen MR) is 165 cm³/mol. The first-order valence-electron chi connectivity index (χ1n) is 12.2. The average molecular weight is 638 g/mol. The van der Waals surface area contributed by atoms with E-state index in [0.717, 1.165) is 26.7 Å². The maximum Gasteiger partial charge on any atom is 0.267 e. The summed E-state index contributed by atoms with van der Waals surface area (Å²) in [5.41, 5.74) is 3.71. The lowest BCUT2D eigenvalue weighted by atomic mass is 10.1. The van der Waals surface area contributed by atoms with Gasteiger partial charge in [0, 0.05) is 25.6 Å². The summed E-state index contributed by atoms with van der Waals surface area (Å²) in [5, 5.41) is 1.78. The first kappa shape index (κ1) is 27.5. The minimum Gasteiger partial charge on any atom is -0.488 e. The van der Waals surface area contributed by atoms with Gasteiger partial charge in [-0.2, -0.15) is 0 Å². The van der Waals surface area contributed by atoms with Crippen LogP contribution < -0.4 is 4.74 Å². The van der Waals surface area contributed by atoms with E-state index in [0.29, 0.717) is 39.0 Å². The van der Waals surface area contributed by atoms with E-state index in [4.69, 9.17) is 32.9 Å². The Morgan fingerprint density at radius 2 is 1.62 bits per heavy atom. The van der Waals surface area contributed by atoms with Gasteiger partial charge in [-0.05, 0) is 59.3 Å². The SMILES string of the molecule is O=C1/C(=C\c2cc(Br)ccc2OCc2ccc(Cl)cc2Cl)SC(=NCc2ccccc2)N1Cc1ccccc1. The molecule has 0 unspecified atom stereocenters. The van der Waals surface area contributed by atoms with Crippen molar-refractivity contribution in [2.75, 3.05) is 0 Å². The molecule has 0 aromatic heterocycles. The van der Waals surface area contributed by atoms with Crippen molar-refractivity contribution in [3.8, 4) is 5.75 Å².